The molecule has 0 fully saturated rings. The van der Waals surface area contributed by atoms with Crippen molar-refractivity contribution in [3.63, 3.8) is 0 Å². The first-order valence-electron chi connectivity index (χ1n) is 20.8. The lowest BCUT2D eigenvalue weighted by Crippen LogP contribution is -2.35. The molecular weight excluding hydrogens is 813 g/mol. The molecule has 0 aliphatic rings. The highest BCUT2D eigenvalue weighted by molar-refractivity contribution is 8.01. The number of ether oxygens (including phenoxy) is 12. The van der Waals surface area contributed by atoms with E-state index in [0.717, 1.165) is 0 Å². The maximum Gasteiger partial charge on any atom is 0.373 e. The summed E-state index contributed by atoms with van der Waals surface area (Å²) in [6.45, 7) is 21.3. The lowest BCUT2D eigenvalue weighted by molar-refractivity contribution is -0.191. The van der Waals surface area contributed by atoms with Crippen molar-refractivity contribution in [1.82, 2.24) is 10.6 Å². The Morgan fingerprint density at radius 3 is 1.10 bits per heavy atom. The minimum Gasteiger partial charge on any atom is -0.379 e. The molecule has 0 rings (SSSR count). The fourth-order valence-corrected chi connectivity index (χ4v) is 5.25. The second-order valence-electron chi connectivity index (χ2n) is 13.1. The summed E-state index contributed by atoms with van der Waals surface area (Å²) in [4.78, 5) is 51.5. The topological polar surface area (TPSA) is 220 Å². The van der Waals surface area contributed by atoms with Crippen LogP contribution in [0.5, 0.6) is 0 Å². The van der Waals surface area contributed by atoms with Crippen LogP contribution in [0, 0.1) is 5.92 Å². The molecule has 19 nitrogen and oxygen atoms in total. The number of Topliss-reactive ketones (excluding diaryl/α,β-unsaturated/α-hetero) is 1. The lowest BCUT2D eigenvalue weighted by Gasteiger charge is -2.14. The molecular formula is C40H76N2O17S. The maximum absolute atomic E-state index is 12.0. The lowest BCUT2D eigenvalue weighted by atomic mass is 10.1. The fourth-order valence-electron chi connectivity index (χ4n) is 4.23. The molecule has 0 saturated heterocycles. The summed E-state index contributed by atoms with van der Waals surface area (Å²) in [5.41, 5.74) is 0. The zero-order valence-corrected chi connectivity index (χ0v) is 37.7. The first kappa shape index (κ1) is 60.0. The minimum absolute atomic E-state index is 0.0529. The van der Waals surface area contributed by atoms with Crippen LogP contribution in [-0.2, 0) is 80.8 Å². The highest BCUT2D eigenvalue weighted by Gasteiger charge is 2.14. The molecule has 0 heterocycles. The Balaban J connectivity index is 0. The van der Waals surface area contributed by atoms with Crippen LogP contribution in [0.25, 0.3) is 0 Å². The zero-order valence-electron chi connectivity index (χ0n) is 36.9. The standard InChI is InChI=1S/C39H76N2O15S.CO2/c1-34(2)37(42)8-12-46-14-16-48-18-20-50-22-24-52-26-28-54-30-32-55-31-29-53-27-25-51-23-21-49-19-17-47-15-13-45-10-6-11-56-33-41-38(43)7-9-40-39(44)36(5)57-35(3)4;2-1-3/h34-36H,6-33H2,1-5H3,(H,40,44)(H,41,43);. The van der Waals surface area contributed by atoms with Gasteiger partial charge in [0.1, 0.15) is 12.5 Å². The third kappa shape index (κ3) is 50.2. The van der Waals surface area contributed by atoms with E-state index in [0.29, 0.717) is 177 Å². The van der Waals surface area contributed by atoms with Gasteiger partial charge in [0, 0.05) is 31.9 Å². The van der Waals surface area contributed by atoms with Crippen LogP contribution in [0.3, 0.4) is 0 Å². The van der Waals surface area contributed by atoms with Gasteiger partial charge in [-0.15, -0.1) is 11.8 Å². The third-order valence-electron chi connectivity index (χ3n) is 7.30. The van der Waals surface area contributed by atoms with Crippen LogP contribution in [-0.4, -0.2) is 199 Å². The summed E-state index contributed by atoms with van der Waals surface area (Å²) in [5, 5.41) is 5.69. The average Bonchev–Trinajstić information content (AvgIpc) is 3.21. The number of hydrogen-bond donors (Lipinski definition) is 2. The average molecular weight is 889 g/mol. The summed E-state index contributed by atoms with van der Waals surface area (Å²) < 4.78 is 65.6. The number of rotatable bonds is 46. The Hall–Kier alpha value is -2.14. The van der Waals surface area contributed by atoms with Gasteiger partial charge in [0.25, 0.3) is 0 Å². The molecule has 1 unspecified atom stereocenters. The van der Waals surface area contributed by atoms with Gasteiger partial charge >= 0.3 is 6.15 Å². The van der Waals surface area contributed by atoms with E-state index in [2.05, 4.69) is 10.6 Å². The molecule has 354 valence electrons. The molecule has 0 radical (unpaired) electrons. The molecule has 60 heavy (non-hydrogen) atoms. The van der Waals surface area contributed by atoms with Gasteiger partial charge in [0.05, 0.1) is 151 Å². The van der Waals surface area contributed by atoms with Crippen LogP contribution in [0.1, 0.15) is 53.9 Å². The Morgan fingerprint density at radius 1 is 0.450 bits per heavy atom. The van der Waals surface area contributed by atoms with Crippen molar-refractivity contribution in [2.45, 2.75) is 64.4 Å². The van der Waals surface area contributed by atoms with E-state index in [1.54, 1.807) is 11.8 Å². The van der Waals surface area contributed by atoms with Crippen LogP contribution >= 0.6 is 11.8 Å². The summed E-state index contributed by atoms with van der Waals surface area (Å²) in [5.74, 6) is 0.0415. The second-order valence-corrected chi connectivity index (χ2v) is 15.0. The molecule has 2 N–H and O–H groups in total. The Morgan fingerprint density at radius 2 is 0.767 bits per heavy atom. The van der Waals surface area contributed by atoms with E-state index in [1.807, 2.05) is 34.6 Å². The normalized spacial score (nSPS) is 11.7. The first-order chi connectivity index (χ1) is 29.1. The molecule has 0 aromatic rings. The van der Waals surface area contributed by atoms with Crippen LogP contribution in [0.4, 0.5) is 0 Å². The Kier molecular flexibility index (Phi) is 49.5. The molecule has 0 aromatic heterocycles. The molecule has 0 aliphatic carbocycles. The largest absolute Gasteiger partial charge is 0.379 e. The van der Waals surface area contributed by atoms with Gasteiger partial charge in [-0.2, -0.15) is 9.59 Å². The Bertz CT molecular complexity index is 994. The fraction of sp³-hybridized carbons (Fsp3) is 0.900. The quantitative estimate of drug-likeness (QED) is 0.0657. The summed E-state index contributed by atoms with van der Waals surface area (Å²) >= 11 is 1.59. The van der Waals surface area contributed by atoms with Gasteiger partial charge in [-0.05, 0) is 18.6 Å². The van der Waals surface area contributed by atoms with E-state index in [4.69, 9.17) is 66.4 Å². The monoisotopic (exact) mass is 888 g/mol. The molecule has 20 heteroatoms. The number of ketones is 1. The van der Waals surface area contributed by atoms with Crippen molar-refractivity contribution >= 4 is 35.5 Å². The number of carbonyl (C=O) groups excluding carboxylic acids is 5. The van der Waals surface area contributed by atoms with Crippen molar-refractivity contribution in [2.75, 3.05) is 165 Å². The van der Waals surface area contributed by atoms with Crippen LogP contribution in [0.15, 0.2) is 0 Å². The van der Waals surface area contributed by atoms with Crippen molar-refractivity contribution in [3.05, 3.63) is 0 Å². The first-order valence-corrected chi connectivity index (χ1v) is 21.7. The van der Waals surface area contributed by atoms with Gasteiger partial charge in [0.15, 0.2) is 0 Å². The van der Waals surface area contributed by atoms with Crippen LogP contribution < -0.4 is 10.6 Å². The van der Waals surface area contributed by atoms with Crippen molar-refractivity contribution in [2.24, 2.45) is 5.92 Å². The van der Waals surface area contributed by atoms with Gasteiger partial charge in [-0.1, -0.05) is 27.7 Å². The second kappa shape index (κ2) is 49.5. The predicted octanol–water partition coefficient (Wildman–Crippen LogP) is 1.72. The van der Waals surface area contributed by atoms with E-state index in [1.165, 1.54) is 0 Å². The molecule has 0 saturated carbocycles. The number of thioether (sulfide) groups is 1. The predicted molar refractivity (Wildman–Crippen MR) is 222 cm³/mol. The highest BCUT2D eigenvalue weighted by Crippen LogP contribution is 2.16. The van der Waals surface area contributed by atoms with E-state index >= 15 is 0 Å². The summed E-state index contributed by atoms with van der Waals surface area (Å²) in [7, 11) is 0. The van der Waals surface area contributed by atoms with Gasteiger partial charge in [-0.25, -0.2) is 0 Å². The summed E-state index contributed by atoms with van der Waals surface area (Å²) in [6, 6.07) is 0. The van der Waals surface area contributed by atoms with E-state index in [9.17, 15) is 14.4 Å². The van der Waals surface area contributed by atoms with Gasteiger partial charge in [-0.3, -0.25) is 14.4 Å². The van der Waals surface area contributed by atoms with Crippen molar-refractivity contribution < 1.29 is 80.8 Å². The molecule has 1 atom stereocenters. The molecule has 0 aromatic carbocycles. The Labute approximate surface area is 361 Å². The van der Waals surface area contributed by atoms with E-state index in [-0.39, 0.29) is 48.1 Å². The smallest absolute Gasteiger partial charge is 0.373 e. The minimum atomic E-state index is -0.169. The molecule has 0 bridgehead atoms. The van der Waals surface area contributed by atoms with Crippen molar-refractivity contribution in [1.29, 1.82) is 0 Å². The third-order valence-corrected chi connectivity index (χ3v) is 8.47. The van der Waals surface area contributed by atoms with Crippen LogP contribution in [0.2, 0.25) is 0 Å². The molecule has 2 amide bonds. The van der Waals surface area contributed by atoms with E-state index < -0.39 is 0 Å². The highest BCUT2D eigenvalue weighted by atomic mass is 32.2. The number of hydrogen-bond acceptors (Lipinski definition) is 18. The molecule has 0 aliphatic heterocycles. The number of nitrogens with one attached hydrogen (secondary N) is 2. The van der Waals surface area contributed by atoms with Gasteiger partial charge in [0.2, 0.25) is 11.8 Å². The summed E-state index contributed by atoms with van der Waals surface area (Å²) in [6.07, 6.45) is 1.61. The SMILES string of the molecule is CC(C)SC(C)C(=O)NCCC(=O)NCOCCCOCCOCCOCCOCCOCCOCCOCCOCCOCCOCCOCCC(=O)C(C)C.O=C=O. The maximum atomic E-state index is 12.0. The van der Waals surface area contributed by atoms with Gasteiger partial charge < -0.3 is 67.5 Å². The number of carbonyl (C=O) groups is 3. The molecule has 0 spiro atoms. The zero-order chi connectivity index (χ0) is 44.6. The van der Waals surface area contributed by atoms with Crippen molar-refractivity contribution in [3.8, 4) is 0 Å². The number of amides is 2.